The van der Waals surface area contributed by atoms with Crippen molar-refractivity contribution in [2.45, 2.75) is 17.4 Å². The molecule has 1 aliphatic heterocycles. The van der Waals surface area contributed by atoms with Crippen LogP contribution in [0.3, 0.4) is 0 Å². The topological polar surface area (TPSA) is 69.6 Å². The monoisotopic (exact) mass is 384 g/mol. The first-order valence-corrected chi connectivity index (χ1v) is 9.61. The number of hydrogen-bond acceptors (Lipinski definition) is 4. The molecule has 1 heterocycles. The van der Waals surface area contributed by atoms with E-state index in [4.69, 9.17) is 11.6 Å². The van der Waals surface area contributed by atoms with E-state index in [0.717, 1.165) is 42.4 Å². The van der Waals surface area contributed by atoms with Gasteiger partial charge in [0.05, 0.1) is 16.0 Å². The average Bonchev–Trinajstić information content (AvgIpc) is 2.95. The van der Waals surface area contributed by atoms with Crippen LogP contribution in [0.4, 0.5) is 10.1 Å². The van der Waals surface area contributed by atoms with Crippen molar-refractivity contribution >= 4 is 27.3 Å². The molecule has 0 aromatic heterocycles. The molecule has 2 aromatic rings. The number of fused-ring (bicyclic) bond motifs is 1. The molecule has 0 radical (unpaired) electrons. The van der Waals surface area contributed by atoms with E-state index in [1.165, 1.54) is 0 Å². The highest BCUT2D eigenvalue weighted by molar-refractivity contribution is 7.89. The minimum absolute atomic E-state index is 0.151. The van der Waals surface area contributed by atoms with Gasteiger partial charge in [-0.2, -0.15) is 0 Å². The van der Waals surface area contributed by atoms with Gasteiger partial charge in [-0.1, -0.05) is 23.7 Å². The van der Waals surface area contributed by atoms with Crippen molar-refractivity contribution in [3.8, 4) is 0 Å². The van der Waals surface area contributed by atoms with Crippen LogP contribution in [0.1, 0.15) is 17.2 Å². The molecular formula is C17H18ClFN2O3S. The molecule has 0 spiro atoms. The Bertz CT molecular complexity index is 905. The average molecular weight is 385 g/mol. The predicted octanol–water partition coefficient (Wildman–Crippen LogP) is 2.48. The zero-order chi connectivity index (χ0) is 18.2. The Labute approximate surface area is 151 Å². The second-order valence-corrected chi connectivity index (χ2v) is 8.18. The zero-order valence-corrected chi connectivity index (χ0v) is 15.1. The van der Waals surface area contributed by atoms with Crippen molar-refractivity contribution in [2.75, 3.05) is 25.0 Å². The fourth-order valence-corrected chi connectivity index (χ4v) is 4.14. The summed E-state index contributed by atoms with van der Waals surface area (Å²) < 4.78 is 40.0. The lowest BCUT2D eigenvalue weighted by Crippen LogP contribution is -2.28. The summed E-state index contributed by atoms with van der Waals surface area (Å²) in [6.07, 6.45) is -0.0893. The van der Waals surface area contributed by atoms with E-state index < -0.39 is 21.9 Å². The third-order valence-electron chi connectivity index (χ3n) is 4.28. The van der Waals surface area contributed by atoms with Gasteiger partial charge in [0.1, 0.15) is 5.82 Å². The van der Waals surface area contributed by atoms with Gasteiger partial charge in [-0.25, -0.2) is 17.5 Å². The summed E-state index contributed by atoms with van der Waals surface area (Å²) in [4.78, 5) is 1.98. The molecule has 0 unspecified atom stereocenters. The molecule has 0 fully saturated rings. The van der Waals surface area contributed by atoms with Gasteiger partial charge >= 0.3 is 0 Å². The molecule has 1 aliphatic rings. The van der Waals surface area contributed by atoms with Crippen molar-refractivity contribution in [1.29, 1.82) is 0 Å². The van der Waals surface area contributed by atoms with E-state index in [0.29, 0.717) is 5.56 Å². The Balaban J connectivity index is 1.71. The predicted molar refractivity (Wildman–Crippen MR) is 95.0 cm³/mol. The van der Waals surface area contributed by atoms with E-state index >= 15 is 0 Å². The fraction of sp³-hybridized carbons (Fsp3) is 0.294. The first kappa shape index (κ1) is 18.1. The van der Waals surface area contributed by atoms with E-state index in [9.17, 15) is 17.9 Å². The maximum Gasteiger partial charge on any atom is 0.240 e. The van der Waals surface area contributed by atoms with Crippen LogP contribution in [0.2, 0.25) is 5.02 Å². The maximum atomic E-state index is 13.2. The number of nitrogens with zero attached hydrogens (tertiary/aromatic N) is 1. The SMILES string of the molecule is CN1CCc2cc([C@@H](O)CNS(=O)(=O)c3ccc(F)c(Cl)c3)ccc21. The molecule has 3 rings (SSSR count). The number of aliphatic hydroxyl groups is 1. The van der Waals surface area contributed by atoms with Gasteiger partial charge in [0.25, 0.3) is 0 Å². The normalized spacial score (nSPS) is 15.3. The third-order valence-corrected chi connectivity index (χ3v) is 6.00. The summed E-state index contributed by atoms with van der Waals surface area (Å²) >= 11 is 5.62. The molecule has 0 bridgehead atoms. The van der Waals surface area contributed by atoms with E-state index in [2.05, 4.69) is 9.62 Å². The molecule has 0 saturated carbocycles. The van der Waals surface area contributed by atoms with E-state index in [1.54, 1.807) is 6.07 Å². The van der Waals surface area contributed by atoms with Crippen molar-refractivity contribution in [3.05, 3.63) is 58.4 Å². The molecule has 2 aromatic carbocycles. The largest absolute Gasteiger partial charge is 0.387 e. The van der Waals surface area contributed by atoms with Gasteiger partial charge in [0.2, 0.25) is 10.0 Å². The van der Waals surface area contributed by atoms with Crippen LogP contribution in [0.25, 0.3) is 0 Å². The number of sulfonamides is 1. The number of aliphatic hydroxyl groups excluding tert-OH is 1. The van der Waals surface area contributed by atoms with Crippen molar-refractivity contribution < 1.29 is 17.9 Å². The summed E-state index contributed by atoms with van der Waals surface area (Å²) in [5.41, 5.74) is 2.90. The highest BCUT2D eigenvalue weighted by Gasteiger charge is 2.20. The van der Waals surface area contributed by atoms with Crippen LogP contribution in [-0.4, -0.2) is 33.7 Å². The van der Waals surface area contributed by atoms with E-state index in [1.807, 2.05) is 19.2 Å². The molecular weight excluding hydrogens is 367 g/mol. The first-order chi connectivity index (χ1) is 11.8. The Hall–Kier alpha value is -1.67. The lowest BCUT2D eigenvalue weighted by molar-refractivity contribution is 0.182. The molecule has 134 valence electrons. The molecule has 2 N–H and O–H groups in total. The summed E-state index contributed by atoms with van der Waals surface area (Å²) in [7, 11) is -1.89. The number of nitrogens with one attached hydrogen (secondary N) is 1. The summed E-state index contributed by atoms with van der Waals surface area (Å²) in [6.45, 7) is 0.735. The van der Waals surface area contributed by atoms with Crippen LogP contribution in [0, 0.1) is 5.82 Å². The minimum Gasteiger partial charge on any atom is -0.387 e. The van der Waals surface area contributed by atoms with Gasteiger partial charge in [-0.05, 0) is 41.8 Å². The van der Waals surface area contributed by atoms with Crippen LogP contribution in [0.15, 0.2) is 41.3 Å². The number of hydrogen-bond donors (Lipinski definition) is 2. The molecule has 0 aliphatic carbocycles. The molecule has 0 saturated heterocycles. The van der Waals surface area contributed by atoms with Crippen molar-refractivity contribution in [2.24, 2.45) is 0 Å². The van der Waals surface area contributed by atoms with Crippen LogP contribution < -0.4 is 9.62 Å². The highest BCUT2D eigenvalue weighted by Crippen LogP contribution is 2.29. The number of halogens is 2. The summed E-state index contributed by atoms with van der Waals surface area (Å²) in [6, 6.07) is 8.76. The molecule has 0 amide bonds. The van der Waals surface area contributed by atoms with Gasteiger partial charge in [0, 0.05) is 25.8 Å². The van der Waals surface area contributed by atoms with Crippen LogP contribution in [-0.2, 0) is 16.4 Å². The molecule has 8 heteroatoms. The summed E-state index contributed by atoms with van der Waals surface area (Å²) in [5.74, 6) is -0.691. The Morgan fingerprint density at radius 3 is 2.80 bits per heavy atom. The molecule has 1 atom stereocenters. The molecule has 25 heavy (non-hydrogen) atoms. The number of rotatable bonds is 5. The molecule has 5 nitrogen and oxygen atoms in total. The first-order valence-electron chi connectivity index (χ1n) is 7.74. The van der Waals surface area contributed by atoms with Crippen molar-refractivity contribution in [3.63, 3.8) is 0 Å². The van der Waals surface area contributed by atoms with Crippen molar-refractivity contribution in [1.82, 2.24) is 4.72 Å². The van der Waals surface area contributed by atoms with Gasteiger partial charge in [-0.3, -0.25) is 0 Å². The number of benzene rings is 2. The second-order valence-electron chi connectivity index (χ2n) is 6.00. The van der Waals surface area contributed by atoms with Gasteiger partial charge in [0.15, 0.2) is 0 Å². The quantitative estimate of drug-likeness (QED) is 0.831. The number of likely N-dealkylation sites (N-methyl/N-ethyl adjacent to an activating group) is 1. The maximum absolute atomic E-state index is 13.2. The van der Waals surface area contributed by atoms with Crippen LogP contribution in [0.5, 0.6) is 0 Å². The van der Waals surface area contributed by atoms with Gasteiger partial charge in [-0.15, -0.1) is 0 Å². The third kappa shape index (κ3) is 3.79. The minimum atomic E-state index is -3.89. The Morgan fingerprint density at radius 1 is 1.32 bits per heavy atom. The zero-order valence-electron chi connectivity index (χ0n) is 13.5. The Morgan fingerprint density at radius 2 is 2.08 bits per heavy atom. The van der Waals surface area contributed by atoms with Gasteiger partial charge < -0.3 is 10.0 Å². The number of anilines is 1. The lowest BCUT2D eigenvalue weighted by Gasteiger charge is -2.16. The Kier molecular flexibility index (Phi) is 5.02. The summed E-state index contributed by atoms with van der Waals surface area (Å²) in [5, 5.41) is 10.0. The van der Waals surface area contributed by atoms with E-state index in [-0.39, 0.29) is 16.5 Å². The highest BCUT2D eigenvalue weighted by atomic mass is 35.5. The fourth-order valence-electron chi connectivity index (χ4n) is 2.83. The van der Waals surface area contributed by atoms with Crippen LogP contribution >= 0.6 is 11.6 Å². The lowest BCUT2D eigenvalue weighted by atomic mass is 10.0. The second kappa shape index (κ2) is 6.92. The standard InChI is InChI=1S/C17H18ClFN2O3S/c1-21-7-6-11-8-12(2-5-16(11)21)17(22)10-20-25(23,24)13-3-4-15(19)14(18)9-13/h2-5,8-9,17,20,22H,6-7,10H2,1H3/t17-/m0/s1. The smallest absolute Gasteiger partial charge is 0.240 e.